The second-order valence-corrected chi connectivity index (χ2v) is 4.64. The minimum absolute atomic E-state index is 0.785. The van der Waals surface area contributed by atoms with Crippen LogP contribution in [0.1, 0.15) is 17.7 Å². The fraction of sp³-hybridized carbons (Fsp3) is 0.286. The molecule has 2 rings (SSSR count). The van der Waals surface area contributed by atoms with Gasteiger partial charge in [0, 0.05) is 23.3 Å². The van der Waals surface area contributed by atoms with E-state index in [-0.39, 0.29) is 0 Å². The van der Waals surface area contributed by atoms with Gasteiger partial charge in [0.05, 0.1) is 0 Å². The van der Waals surface area contributed by atoms with Crippen molar-refractivity contribution in [3.8, 4) is 0 Å². The van der Waals surface area contributed by atoms with Crippen LogP contribution in [-0.2, 0) is 6.42 Å². The molecule has 1 heterocycles. The second kappa shape index (κ2) is 6.36. The molecule has 0 radical (unpaired) electrons. The van der Waals surface area contributed by atoms with E-state index >= 15 is 0 Å². The molecule has 2 aromatic rings. The lowest BCUT2D eigenvalue weighted by Gasteiger charge is -2.05. The van der Waals surface area contributed by atoms with E-state index < -0.39 is 0 Å². The first-order chi connectivity index (χ1) is 8.74. The third-order valence-electron chi connectivity index (χ3n) is 2.67. The summed E-state index contributed by atoms with van der Waals surface area (Å²) >= 11 is 5.84. The highest BCUT2D eigenvalue weighted by Gasteiger charge is 1.96. The molecule has 3 nitrogen and oxygen atoms in total. The fourth-order valence-corrected chi connectivity index (χ4v) is 1.84. The number of benzene rings is 1. The molecule has 0 atom stereocenters. The number of halogens is 1. The Kier molecular flexibility index (Phi) is 4.53. The largest absolute Gasteiger partial charge is 0.370 e. The van der Waals surface area contributed by atoms with E-state index in [0.29, 0.717) is 0 Å². The Labute approximate surface area is 112 Å². The third kappa shape index (κ3) is 4.00. The van der Waals surface area contributed by atoms with Crippen molar-refractivity contribution >= 4 is 17.4 Å². The zero-order chi connectivity index (χ0) is 12.8. The van der Waals surface area contributed by atoms with Crippen molar-refractivity contribution in [2.24, 2.45) is 0 Å². The van der Waals surface area contributed by atoms with Gasteiger partial charge in [-0.05, 0) is 37.5 Å². The third-order valence-corrected chi connectivity index (χ3v) is 2.92. The normalized spacial score (nSPS) is 10.3. The Morgan fingerprint density at radius 2 is 1.94 bits per heavy atom. The van der Waals surface area contributed by atoms with Crippen LogP contribution in [0.25, 0.3) is 0 Å². The van der Waals surface area contributed by atoms with Crippen molar-refractivity contribution in [2.75, 3.05) is 11.9 Å². The Hall–Kier alpha value is -1.61. The maximum atomic E-state index is 5.84. The van der Waals surface area contributed by atoms with E-state index in [1.54, 1.807) is 6.33 Å². The van der Waals surface area contributed by atoms with Crippen molar-refractivity contribution in [3.05, 3.63) is 52.9 Å². The monoisotopic (exact) mass is 261 g/mol. The summed E-state index contributed by atoms with van der Waals surface area (Å²) in [7, 11) is 0. The number of anilines is 1. The van der Waals surface area contributed by atoms with Crippen LogP contribution in [0, 0.1) is 6.92 Å². The molecule has 0 saturated carbocycles. The van der Waals surface area contributed by atoms with E-state index in [9.17, 15) is 0 Å². The Bertz CT molecular complexity index is 497. The van der Waals surface area contributed by atoms with Gasteiger partial charge in [0.2, 0.25) is 0 Å². The maximum Gasteiger partial charge on any atom is 0.129 e. The molecule has 4 heteroatoms. The Morgan fingerprint density at radius 3 is 2.67 bits per heavy atom. The minimum atomic E-state index is 0.785. The first-order valence-electron chi connectivity index (χ1n) is 6.01. The lowest BCUT2D eigenvalue weighted by atomic mass is 10.1. The van der Waals surface area contributed by atoms with E-state index in [0.717, 1.165) is 35.9 Å². The van der Waals surface area contributed by atoms with Gasteiger partial charge in [-0.15, -0.1) is 0 Å². The highest BCUT2D eigenvalue weighted by atomic mass is 35.5. The van der Waals surface area contributed by atoms with Gasteiger partial charge < -0.3 is 5.32 Å². The molecule has 0 saturated heterocycles. The standard InChI is InChI=1S/C14H16ClN3/c1-11-9-14(18-10-17-11)16-8-2-3-12-4-6-13(15)7-5-12/h4-7,9-10H,2-3,8H2,1H3,(H,16,17,18). The number of nitrogens with zero attached hydrogens (tertiary/aromatic N) is 2. The van der Waals surface area contributed by atoms with E-state index in [2.05, 4.69) is 27.4 Å². The number of aryl methyl sites for hydroxylation is 2. The fourth-order valence-electron chi connectivity index (χ4n) is 1.71. The molecule has 1 N–H and O–H groups in total. The van der Waals surface area contributed by atoms with Gasteiger partial charge in [-0.25, -0.2) is 9.97 Å². The zero-order valence-corrected chi connectivity index (χ0v) is 11.1. The van der Waals surface area contributed by atoms with Crippen LogP contribution < -0.4 is 5.32 Å². The van der Waals surface area contributed by atoms with Gasteiger partial charge in [0.1, 0.15) is 12.1 Å². The molecular weight excluding hydrogens is 246 g/mol. The SMILES string of the molecule is Cc1cc(NCCCc2ccc(Cl)cc2)ncn1. The van der Waals surface area contributed by atoms with Crippen LogP contribution in [0.15, 0.2) is 36.7 Å². The quantitative estimate of drug-likeness (QED) is 0.838. The number of aromatic nitrogens is 2. The van der Waals surface area contributed by atoms with Crippen LogP contribution in [0.2, 0.25) is 5.02 Å². The molecule has 0 aliphatic carbocycles. The predicted octanol–water partition coefficient (Wildman–Crippen LogP) is 3.48. The lowest BCUT2D eigenvalue weighted by molar-refractivity contribution is 0.857. The molecule has 1 aromatic carbocycles. The van der Waals surface area contributed by atoms with Gasteiger partial charge in [-0.1, -0.05) is 23.7 Å². The van der Waals surface area contributed by atoms with Crippen molar-refractivity contribution in [3.63, 3.8) is 0 Å². The zero-order valence-electron chi connectivity index (χ0n) is 10.4. The molecule has 94 valence electrons. The van der Waals surface area contributed by atoms with E-state index in [1.165, 1.54) is 5.56 Å². The molecule has 0 amide bonds. The summed E-state index contributed by atoms with van der Waals surface area (Å²) in [4.78, 5) is 8.22. The van der Waals surface area contributed by atoms with Gasteiger partial charge in [0.25, 0.3) is 0 Å². The Balaban J connectivity index is 1.74. The molecule has 0 aliphatic rings. The van der Waals surface area contributed by atoms with Gasteiger partial charge in [0.15, 0.2) is 0 Å². The summed E-state index contributed by atoms with van der Waals surface area (Å²) in [5, 5.41) is 4.08. The van der Waals surface area contributed by atoms with Gasteiger partial charge >= 0.3 is 0 Å². The molecule has 18 heavy (non-hydrogen) atoms. The summed E-state index contributed by atoms with van der Waals surface area (Å²) in [5.74, 6) is 0.888. The average Bonchev–Trinajstić information content (AvgIpc) is 2.37. The summed E-state index contributed by atoms with van der Waals surface area (Å²) in [5.41, 5.74) is 2.28. The highest BCUT2D eigenvalue weighted by molar-refractivity contribution is 6.30. The topological polar surface area (TPSA) is 37.8 Å². The number of rotatable bonds is 5. The predicted molar refractivity (Wildman–Crippen MR) is 75.0 cm³/mol. The molecule has 1 aromatic heterocycles. The summed E-state index contributed by atoms with van der Waals surface area (Å²) in [6.07, 6.45) is 3.68. The number of hydrogen-bond acceptors (Lipinski definition) is 3. The highest BCUT2D eigenvalue weighted by Crippen LogP contribution is 2.11. The first kappa shape index (κ1) is 12.8. The van der Waals surface area contributed by atoms with E-state index in [4.69, 9.17) is 11.6 Å². The van der Waals surface area contributed by atoms with Crippen LogP contribution in [0.5, 0.6) is 0 Å². The number of nitrogens with one attached hydrogen (secondary N) is 1. The number of hydrogen-bond donors (Lipinski definition) is 1. The van der Waals surface area contributed by atoms with Crippen molar-refractivity contribution in [1.29, 1.82) is 0 Å². The summed E-state index contributed by atoms with van der Waals surface area (Å²) in [6, 6.07) is 9.94. The second-order valence-electron chi connectivity index (χ2n) is 4.20. The first-order valence-corrected chi connectivity index (χ1v) is 6.39. The lowest BCUT2D eigenvalue weighted by Crippen LogP contribution is -2.05. The summed E-state index contributed by atoms with van der Waals surface area (Å²) < 4.78 is 0. The molecule has 0 unspecified atom stereocenters. The smallest absolute Gasteiger partial charge is 0.129 e. The van der Waals surface area contributed by atoms with Crippen LogP contribution in [0.3, 0.4) is 0 Å². The van der Waals surface area contributed by atoms with Gasteiger partial charge in [-0.2, -0.15) is 0 Å². The molecule has 0 spiro atoms. The van der Waals surface area contributed by atoms with Crippen molar-refractivity contribution < 1.29 is 0 Å². The van der Waals surface area contributed by atoms with Gasteiger partial charge in [-0.3, -0.25) is 0 Å². The average molecular weight is 262 g/mol. The Morgan fingerprint density at radius 1 is 1.17 bits per heavy atom. The van der Waals surface area contributed by atoms with Crippen LogP contribution >= 0.6 is 11.6 Å². The summed E-state index contributed by atoms with van der Waals surface area (Å²) in [6.45, 7) is 2.86. The molecule has 0 aliphatic heterocycles. The molecular formula is C14H16ClN3. The molecule has 0 fully saturated rings. The van der Waals surface area contributed by atoms with Crippen molar-refractivity contribution in [2.45, 2.75) is 19.8 Å². The van der Waals surface area contributed by atoms with Crippen LogP contribution in [-0.4, -0.2) is 16.5 Å². The van der Waals surface area contributed by atoms with Crippen LogP contribution in [0.4, 0.5) is 5.82 Å². The van der Waals surface area contributed by atoms with Crippen molar-refractivity contribution in [1.82, 2.24) is 9.97 Å². The minimum Gasteiger partial charge on any atom is -0.370 e. The van der Waals surface area contributed by atoms with E-state index in [1.807, 2.05) is 25.1 Å². The molecule has 0 bridgehead atoms. The maximum absolute atomic E-state index is 5.84.